The third-order valence-electron chi connectivity index (χ3n) is 2.48. The molecule has 1 rings (SSSR count). The Balaban J connectivity index is 2.53. The minimum Gasteiger partial charge on any atom is -0.481 e. The number of hydrogen-bond acceptors (Lipinski definition) is 3. The fourth-order valence-corrected chi connectivity index (χ4v) is 1.54. The van der Waals surface area contributed by atoms with Gasteiger partial charge in [-0.25, -0.2) is 0 Å². The minimum absolute atomic E-state index is 0.522. The lowest BCUT2D eigenvalue weighted by Crippen LogP contribution is -2.34. The lowest BCUT2D eigenvalue weighted by Gasteiger charge is -2.21. The Bertz CT molecular complexity index is 164. The summed E-state index contributed by atoms with van der Waals surface area (Å²) < 4.78 is 4.89. The molecular weight excluding hydrogens is 158 g/mol. The first-order valence-corrected chi connectivity index (χ1v) is 4.14. The highest BCUT2D eigenvalue weighted by Crippen LogP contribution is 2.29. The van der Waals surface area contributed by atoms with E-state index < -0.39 is 11.4 Å². The molecule has 1 saturated heterocycles. The summed E-state index contributed by atoms with van der Waals surface area (Å²) in [6.07, 6.45) is 1.32. The van der Waals surface area contributed by atoms with Crippen molar-refractivity contribution in [3.8, 4) is 0 Å². The Morgan fingerprint density at radius 1 is 1.75 bits per heavy atom. The van der Waals surface area contributed by atoms with Gasteiger partial charge in [0.05, 0.1) is 5.41 Å². The van der Waals surface area contributed by atoms with Crippen LogP contribution in [0, 0.1) is 5.41 Å². The largest absolute Gasteiger partial charge is 0.481 e. The first-order chi connectivity index (χ1) is 5.71. The average molecular weight is 173 g/mol. The van der Waals surface area contributed by atoms with E-state index in [1.165, 1.54) is 0 Å². The molecule has 0 bridgehead atoms. The van der Waals surface area contributed by atoms with Gasteiger partial charge in [-0.3, -0.25) is 4.79 Å². The van der Waals surface area contributed by atoms with Crippen LogP contribution in [0.3, 0.4) is 0 Å². The molecule has 2 N–H and O–H groups in total. The maximum Gasteiger partial charge on any atom is 0.311 e. The summed E-state index contributed by atoms with van der Waals surface area (Å²) in [5.74, 6) is -0.704. The molecule has 0 aromatic heterocycles. The van der Waals surface area contributed by atoms with Gasteiger partial charge in [0.15, 0.2) is 0 Å². The Labute approximate surface area is 71.9 Å². The number of carbonyl (C=O) groups is 1. The van der Waals surface area contributed by atoms with E-state index >= 15 is 0 Å². The van der Waals surface area contributed by atoms with E-state index in [1.54, 1.807) is 7.11 Å². The lowest BCUT2D eigenvalue weighted by molar-refractivity contribution is -0.148. The predicted molar refractivity (Wildman–Crippen MR) is 44.0 cm³/mol. The quantitative estimate of drug-likeness (QED) is 0.632. The van der Waals surface area contributed by atoms with E-state index in [2.05, 4.69) is 5.32 Å². The smallest absolute Gasteiger partial charge is 0.311 e. The molecule has 4 heteroatoms. The molecule has 70 valence electrons. The summed E-state index contributed by atoms with van der Waals surface area (Å²) in [5, 5.41) is 12.1. The van der Waals surface area contributed by atoms with Crippen molar-refractivity contribution in [1.82, 2.24) is 5.32 Å². The molecule has 0 radical (unpaired) electrons. The monoisotopic (exact) mass is 173 g/mol. The highest BCUT2D eigenvalue weighted by molar-refractivity contribution is 5.75. The van der Waals surface area contributed by atoms with E-state index in [9.17, 15) is 4.79 Å². The van der Waals surface area contributed by atoms with E-state index in [0.717, 1.165) is 6.54 Å². The zero-order valence-corrected chi connectivity index (χ0v) is 7.30. The van der Waals surface area contributed by atoms with Crippen molar-refractivity contribution in [2.75, 3.05) is 26.8 Å². The third-order valence-corrected chi connectivity index (χ3v) is 2.48. The molecule has 0 amide bonds. The van der Waals surface area contributed by atoms with Gasteiger partial charge < -0.3 is 15.2 Å². The van der Waals surface area contributed by atoms with Crippen molar-refractivity contribution in [2.24, 2.45) is 5.41 Å². The van der Waals surface area contributed by atoms with Crippen molar-refractivity contribution >= 4 is 5.97 Å². The summed E-state index contributed by atoms with van der Waals surface area (Å²) in [4.78, 5) is 10.9. The van der Waals surface area contributed by atoms with Gasteiger partial charge >= 0.3 is 5.97 Å². The molecule has 0 saturated carbocycles. The van der Waals surface area contributed by atoms with Crippen LogP contribution >= 0.6 is 0 Å². The number of carboxylic acids is 1. The second kappa shape index (κ2) is 3.87. The number of carboxylic acid groups (broad SMARTS) is 1. The summed E-state index contributed by atoms with van der Waals surface area (Å²) in [5.41, 5.74) is -0.573. The Morgan fingerprint density at radius 2 is 2.50 bits per heavy atom. The van der Waals surface area contributed by atoms with Gasteiger partial charge in [0.2, 0.25) is 0 Å². The molecule has 1 aliphatic heterocycles. The van der Waals surface area contributed by atoms with Gasteiger partial charge in [0.25, 0.3) is 0 Å². The van der Waals surface area contributed by atoms with Crippen molar-refractivity contribution in [3.05, 3.63) is 0 Å². The Hall–Kier alpha value is -0.610. The van der Waals surface area contributed by atoms with E-state index in [0.29, 0.717) is 26.0 Å². The van der Waals surface area contributed by atoms with Crippen molar-refractivity contribution in [1.29, 1.82) is 0 Å². The fraction of sp³-hybridized carbons (Fsp3) is 0.875. The predicted octanol–water partition coefficient (Wildman–Crippen LogP) is 0.0872. The van der Waals surface area contributed by atoms with Gasteiger partial charge in [-0.05, 0) is 19.4 Å². The topological polar surface area (TPSA) is 58.6 Å². The third kappa shape index (κ3) is 1.76. The van der Waals surface area contributed by atoms with Crippen LogP contribution in [0.5, 0.6) is 0 Å². The molecule has 1 atom stereocenters. The summed E-state index contributed by atoms with van der Waals surface area (Å²) in [6.45, 7) is 1.90. The van der Waals surface area contributed by atoms with Crippen LogP contribution < -0.4 is 5.32 Å². The second-order valence-electron chi connectivity index (χ2n) is 3.26. The highest BCUT2D eigenvalue weighted by Gasteiger charge is 2.40. The fourth-order valence-electron chi connectivity index (χ4n) is 1.54. The highest BCUT2D eigenvalue weighted by atomic mass is 16.5. The zero-order chi connectivity index (χ0) is 9.03. The lowest BCUT2D eigenvalue weighted by atomic mass is 9.84. The summed E-state index contributed by atoms with van der Waals surface area (Å²) >= 11 is 0. The minimum atomic E-state index is -0.704. The van der Waals surface area contributed by atoms with Gasteiger partial charge in [-0.2, -0.15) is 0 Å². The van der Waals surface area contributed by atoms with Gasteiger partial charge in [-0.15, -0.1) is 0 Å². The number of aliphatic carboxylic acids is 1. The second-order valence-corrected chi connectivity index (χ2v) is 3.26. The molecule has 0 aromatic carbocycles. The molecule has 1 aliphatic rings. The maximum absolute atomic E-state index is 10.9. The van der Waals surface area contributed by atoms with E-state index in [-0.39, 0.29) is 0 Å². The maximum atomic E-state index is 10.9. The van der Waals surface area contributed by atoms with Crippen LogP contribution in [0.2, 0.25) is 0 Å². The van der Waals surface area contributed by atoms with Gasteiger partial charge in [-0.1, -0.05) is 0 Å². The summed E-state index contributed by atoms with van der Waals surface area (Å²) in [7, 11) is 1.60. The van der Waals surface area contributed by atoms with Crippen LogP contribution in [0.1, 0.15) is 12.8 Å². The number of nitrogens with one attached hydrogen (secondary N) is 1. The van der Waals surface area contributed by atoms with E-state index in [4.69, 9.17) is 9.84 Å². The molecular formula is C8H15NO3. The first kappa shape index (κ1) is 9.48. The number of rotatable bonds is 4. The van der Waals surface area contributed by atoms with Crippen LogP contribution in [0.25, 0.3) is 0 Å². The van der Waals surface area contributed by atoms with E-state index in [1.807, 2.05) is 0 Å². The van der Waals surface area contributed by atoms with Crippen LogP contribution in [-0.4, -0.2) is 37.9 Å². The summed E-state index contributed by atoms with van der Waals surface area (Å²) in [6, 6.07) is 0. The average Bonchev–Trinajstić information content (AvgIpc) is 2.50. The van der Waals surface area contributed by atoms with Gasteiger partial charge in [0.1, 0.15) is 0 Å². The van der Waals surface area contributed by atoms with Crippen LogP contribution in [-0.2, 0) is 9.53 Å². The van der Waals surface area contributed by atoms with Crippen LogP contribution in [0.15, 0.2) is 0 Å². The molecule has 1 fully saturated rings. The first-order valence-electron chi connectivity index (χ1n) is 4.14. The molecule has 1 heterocycles. The van der Waals surface area contributed by atoms with Crippen molar-refractivity contribution < 1.29 is 14.6 Å². The number of ether oxygens (including phenoxy) is 1. The number of hydrogen-bond donors (Lipinski definition) is 2. The molecule has 0 aromatic rings. The molecule has 4 nitrogen and oxygen atoms in total. The standard InChI is InChI=1S/C8H15NO3/c1-12-5-3-8(7(10)11)2-4-9-6-8/h9H,2-6H2,1H3,(H,10,11)/t8-/m1/s1. The van der Waals surface area contributed by atoms with Crippen molar-refractivity contribution in [2.45, 2.75) is 12.8 Å². The molecule has 0 spiro atoms. The SMILES string of the molecule is COCC[C@]1(C(=O)O)CCNC1. The number of methoxy groups -OCH3 is 1. The zero-order valence-electron chi connectivity index (χ0n) is 7.30. The van der Waals surface area contributed by atoms with Gasteiger partial charge in [0, 0.05) is 20.3 Å². The molecule has 0 unspecified atom stereocenters. The van der Waals surface area contributed by atoms with Crippen molar-refractivity contribution in [3.63, 3.8) is 0 Å². The normalized spacial score (nSPS) is 29.1. The van der Waals surface area contributed by atoms with Crippen LogP contribution in [0.4, 0.5) is 0 Å². The molecule has 12 heavy (non-hydrogen) atoms. The Kier molecular flexibility index (Phi) is 3.05. The molecule has 0 aliphatic carbocycles. The Morgan fingerprint density at radius 3 is 2.92 bits per heavy atom.